The smallest absolute Gasteiger partial charge is 0.312 e. The summed E-state index contributed by atoms with van der Waals surface area (Å²) in [7, 11) is 0. The minimum absolute atomic E-state index is 0.00383. The van der Waals surface area contributed by atoms with Crippen molar-refractivity contribution in [2.45, 2.75) is 52.1 Å². The fourth-order valence-electron chi connectivity index (χ4n) is 1.68. The van der Waals surface area contributed by atoms with Crippen LogP contribution in [0, 0.1) is 5.92 Å². The summed E-state index contributed by atoms with van der Waals surface area (Å²) < 4.78 is 0. The molecule has 0 aromatic heterocycles. The van der Waals surface area contributed by atoms with Gasteiger partial charge in [-0.15, -0.1) is 0 Å². The number of primary amides is 1. The lowest BCUT2D eigenvalue weighted by Gasteiger charge is -2.25. The lowest BCUT2D eigenvalue weighted by molar-refractivity contribution is -0.124. The highest BCUT2D eigenvalue weighted by Crippen LogP contribution is 2.09. The summed E-state index contributed by atoms with van der Waals surface area (Å²) in [5, 5.41) is 14.2. The first-order chi connectivity index (χ1) is 8.46. The lowest BCUT2D eigenvalue weighted by Crippen LogP contribution is -2.53. The maximum atomic E-state index is 12.1. The van der Waals surface area contributed by atoms with Crippen LogP contribution in [0.5, 0.6) is 0 Å². The Morgan fingerprint density at radius 1 is 1.22 bits per heavy atom. The van der Waals surface area contributed by atoms with Gasteiger partial charge in [0.2, 0.25) is 5.91 Å². The van der Waals surface area contributed by atoms with E-state index in [2.05, 4.69) is 10.6 Å². The second-order valence-corrected chi connectivity index (χ2v) is 4.50. The van der Waals surface area contributed by atoms with Crippen LogP contribution in [0.25, 0.3) is 0 Å². The maximum absolute atomic E-state index is 12.1. The summed E-state index contributed by atoms with van der Waals surface area (Å²) in [6.07, 6.45) is 2.00. The van der Waals surface area contributed by atoms with Crippen LogP contribution in [0.15, 0.2) is 0 Å². The first-order valence-electron chi connectivity index (χ1n) is 6.43. The van der Waals surface area contributed by atoms with Crippen LogP contribution in [0.3, 0.4) is 0 Å². The second kappa shape index (κ2) is 8.74. The Kier molecular flexibility index (Phi) is 8.11. The van der Waals surface area contributed by atoms with Gasteiger partial charge < -0.3 is 21.5 Å². The molecule has 0 aromatic carbocycles. The average molecular weight is 259 g/mol. The van der Waals surface area contributed by atoms with E-state index in [0.717, 1.165) is 12.8 Å². The molecule has 3 atom stereocenters. The fraction of sp³-hybridized carbons (Fsp3) is 0.833. The van der Waals surface area contributed by atoms with Crippen molar-refractivity contribution < 1.29 is 14.7 Å². The van der Waals surface area contributed by atoms with E-state index in [-0.39, 0.29) is 24.5 Å². The molecule has 106 valence electrons. The zero-order valence-corrected chi connectivity index (χ0v) is 11.4. The van der Waals surface area contributed by atoms with Crippen molar-refractivity contribution in [3.63, 3.8) is 0 Å². The molecule has 0 saturated carbocycles. The Morgan fingerprint density at radius 3 is 2.22 bits per heavy atom. The predicted molar refractivity (Wildman–Crippen MR) is 69.9 cm³/mol. The van der Waals surface area contributed by atoms with E-state index in [4.69, 9.17) is 10.8 Å². The Bertz CT molecular complexity index is 271. The zero-order valence-electron chi connectivity index (χ0n) is 11.4. The third kappa shape index (κ3) is 5.86. The van der Waals surface area contributed by atoms with Crippen LogP contribution in [-0.4, -0.2) is 35.7 Å². The summed E-state index contributed by atoms with van der Waals surface area (Å²) in [4.78, 5) is 23.0. The molecule has 3 unspecified atom stereocenters. The summed E-state index contributed by atoms with van der Waals surface area (Å²) in [6.45, 7) is 5.78. The van der Waals surface area contributed by atoms with Gasteiger partial charge in [-0.1, -0.05) is 27.2 Å². The Labute approximate surface area is 108 Å². The van der Waals surface area contributed by atoms with Gasteiger partial charge in [-0.05, 0) is 18.8 Å². The molecule has 18 heavy (non-hydrogen) atoms. The Balaban J connectivity index is 4.58. The minimum atomic E-state index is -0.703. The van der Waals surface area contributed by atoms with Gasteiger partial charge in [0.1, 0.15) is 6.04 Å². The molecule has 0 aliphatic carbocycles. The third-order valence-corrected chi connectivity index (χ3v) is 3.11. The van der Waals surface area contributed by atoms with Crippen molar-refractivity contribution in [3.05, 3.63) is 0 Å². The molecule has 3 amide bonds. The molecule has 0 fully saturated rings. The third-order valence-electron chi connectivity index (χ3n) is 3.11. The van der Waals surface area contributed by atoms with Gasteiger partial charge in [-0.3, -0.25) is 4.79 Å². The van der Waals surface area contributed by atoms with E-state index in [0.29, 0.717) is 6.42 Å². The highest BCUT2D eigenvalue weighted by atomic mass is 16.3. The number of amides is 3. The predicted octanol–water partition coefficient (Wildman–Crippen LogP) is 0.347. The van der Waals surface area contributed by atoms with Gasteiger partial charge in [-0.2, -0.15) is 0 Å². The van der Waals surface area contributed by atoms with Crippen LogP contribution in [0.4, 0.5) is 4.79 Å². The van der Waals surface area contributed by atoms with Gasteiger partial charge in [-0.25, -0.2) is 4.79 Å². The van der Waals surface area contributed by atoms with Crippen molar-refractivity contribution in [2.75, 3.05) is 6.61 Å². The molecule has 0 spiro atoms. The number of carbonyl (C=O) groups excluding carboxylic acids is 2. The van der Waals surface area contributed by atoms with E-state index < -0.39 is 12.1 Å². The number of urea groups is 1. The summed E-state index contributed by atoms with van der Waals surface area (Å²) in [6, 6.07) is -1.41. The van der Waals surface area contributed by atoms with Gasteiger partial charge in [0.05, 0.1) is 0 Å². The largest absolute Gasteiger partial charge is 0.396 e. The molecular weight excluding hydrogens is 234 g/mol. The van der Waals surface area contributed by atoms with E-state index in [1.807, 2.05) is 20.8 Å². The standard InChI is InChI=1S/C12H25N3O3/c1-4-8(3)10(15-12(13)18)11(17)14-9(5-2)6-7-16/h8-10,16H,4-7H2,1-3H3,(H,14,17)(H3,13,15,18). The van der Waals surface area contributed by atoms with Crippen molar-refractivity contribution in [1.82, 2.24) is 10.6 Å². The number of hydrogen-bond donors (Lipinski definition) is 4. The Hall–Kier alpha value is -1.30. The van der Waals surface area contributed by atoms with Crippen LogP contribution in [0.2, 0.25) is 0 Å². The number of aliphatic hydroxyl groups is 1. The lowest BCUT2D eigenvalue weighted by atomic mass is 9.98. The van der Waals surface area contributed by atoms with Gasteiger partial charge >= 0.3 is 6.03 Å². The number of rotatable bonds is 8. The van der Waals surface area contributed by atoms with E-state index >= 15 is 0 Å². The Morgan fingerprint density at radius 2 is 1.83 bits per heavy atom. The van der Waals surface area contributed by atoms with Crippen molar-refractivity contribution in [1.29, 1.82) is 0 Å². The summed E-state index contributed by atoms with van der Waals surface area (Å²) in [5.41, 5.74) is 5.08. The molecule has 6 nitrogen and oxygen atoms in total. The molecule has 6 heteroatoms. The highest BCUT2D eigenvalue weighted by Gasteiger charge is 2.26. The van der Waals surface area contributed by atoms with Gasteiger partial charge in [0, 0.05) is 12.6 Å². The number of hydrogen-bond acceptors (Lipinski definition) is 3. The number of nitrogens with two attached hydrogens (primary N) is 1. The molecule has 0 heterocycles. The number of aliphatic hydroxyl groups excluding tert-OH is 1. The molecule has 0 aliphatic heterocycles. The van der Waals surface area contributed by atoms with Crippen LogP contribution >= 0.6 is 0 Å². The monoisotopic (exact) mass is 259 g/mol. The quantitative estimate of drug-likeness (QED) is 0.505. The van der Waals surface area contributed by atoms with Crippen molar-refractivity contribution >= 4 is 11.9 Å². The highest BCUT2D eigenvalue weighted by molar-refractivity contribution is 5.86. The SMILES string of the molecule is CCC(CCO)NC(=O)C(NC(N)=O)C(C)CC. The van der Waals surface area contributed by atoms with E-state index in [1.165, 1.54) is 0 Å². The molecule has 0 bridgehead atoms. The molecule has 0 aliphatic rings. The molecule has 0 rings (SSSR count). The molecular formula is C12H25N3O3. The first kappa shape index (κ1) is 16.7. The summed E-state index contributed by atoms with van der Waals surface area (Å²) >= 11 is 0. The van der Waals surface area contributed by atoms with E-state index in [1.54, 1.807) is 0 Å². The van der Waals surface area contributed by atoms with Crippen LogP contribution in [-0.2, 0) is 4.79 Å². The fourth-order valence-corrected chi connectivity index (χ4v) is 1.68. The van der Waals surface area contributed by atoms with Crippen LogP contribution < -0.4 is 16.4 Å². The minimum Gasteiger partial charge on any atom is -0.396 e. The summed E-state index contributed by atoms with van der Waals surface area (Å²) in [5.74, 6) is -0.243. The topological polar surface area (TPSA) is 104 Å². The maximum Gasteiger partial charge on any atom is 0.312 e. The van der Waals surface area contributed by atoms with Crippen LogP contribution in [0.1, 0.15) is 40.0 Å². The second-order valence-electron chi connectivity index (χ2n) is 4.50. The van der Waals surface area contributed by atoms with E-state index in [9.17, 15) is 9.59 Å². The normalized spacial score (nSPS) is 15.6. The number of carbonyl (C=O) groups is 2. The first-order valence-corrected chi connectivity index (χ1v) is 6.43. The molecule has 5 N–H and O–H groups in total. The number of nitrogens with one attached hydrogen (secondary N) is 2. The molecule has 0 saturated heterocycles. The zero-order chi connectivity index (χ0) is 14.1. The van der Waals surface area contributed by atoms with Crippen molar-refractivity contribution in [3.8, 4) is 0 Å². The average Bonchev–Trinajstić information content (AvgIpc) is 2.33. The van der Waals surface area contributed by atoms with Crippen molar-refractivity contribution in [2.24, 2.45) is 11.7 Å². The van der Waals surface area contributed by atoms with Gasteiger partial charge in [0.25, 0.3) is 0 Å². The van der Waals surface area contributed by atoms with Gasteiger partial charge in [0.15, 0.2) is 0 Å². The molecule has 0 aromatic rings. The molecule has 0 radical (unpaired) electrons.